The summed E-state index contributed by atoms with van der Waals surface area (Å²) in [6.07, 6.45) is 4.88. The van der Waals surface area contributed by atoms with Crippen LogP contribution in [0.1, 0.15) is 46.5 Å². The molecule has 1 heterocycles. The lowest BCUT2D eigenvalue weighted by molar-refractivity contribution is -0.152. The van der Waals surface area contributed by atoms with Gasteiger partial charge in [0.05, 0.1) is 10.7 Å². The second-order valence-corrected chi connectivity index (χ2v) is 7.27. The Labute approximate surface area is 176 Å². The molecule has 0 aromatic heterocycles. The van der Waals surface area contributed by atoms with Crippen LogP contribution in [0.5, 0.6) is 5.75 Å². The number of carbonyl (C=O) groups excluding carboxylic acids is 1. The first-order chi connectivity index (χ1) is 14.0. The molecule has 158 valence electrons. The third-order valence-electron chi connectivity index (χ3n) is 5.07. The molecule has 0 bridgehead atoms. The van der Waals surface area contributed by atoms with Gasteiger partial charge in [0, 0.05) is 30.6 Å². The summed E-state index contributed by atoms with van der Waals surface area (Å²) in [5.41, 5.74) is 2.70. The fourth-order valence-electron chi connectivity index (χ4n) is 3.82. The van der Waals surface area contributed by atoms with Crippen molar-refractivity contribution in [1.29, 1.82) is 0 Å². The minimum atomic E-state index is -0.568. The van der Waals surface area contributed by atoms with Crippen molar-refractivity contribution < 1.29 is 23.4 Å². The van der Waals surface area contributed by atoms with Gasteiger partial charge < -0.3 is 14.2 Å². The van der Waals surface area contributed by atoms with Gasteiger partial charge in [-0.05, 0) is 58.1 Å². The summed E-state index contributed by atoms with van der Waals surface area (Å²) in [6.45, 7) is 6.63. The minimum absolute atomic E-state index is 0.103. The highest BCUT2D eigenvalue weighted by Gasteiger charge is 2.37. The predicted octanol–water partition coefficient (Wildman–Crippen LogP) is 5.38. The zero-order chi connectivity index (χ0) is 21.0. The van der Waals surface area contributed by atoms with Crippen molar-refractivity contribution >= 4 is 23.2 Å². The van der Waals surface area contributed by atoms with Gasteiger partial charge in [-0.3, -0.25) is 9.69 Å². The Bertz CT molecular complexity index is 830. The number of carbonyl (C=O) groups is 1. The Morgan fingerprint density at radius 2 is 1.83 bits per heavy atom. The maximum Gasteiger partial charge on any atom is 0.259 e. The maximum atomic E-state index is 14.9. The van der Waals surface area contributed by atoms with E-state index in [2.05, 4.69) is 0 Å². The standard InChI is InChI=1S/C22H27ClFNO4/c1-4-18-14-9-7-8-10-15(14)22(26)25(18)19-12-20(16(23)11-17(19)24)29-13-21(27-5-2)28-6-3/h4,11-12,21H,5-10,13H2,1-3H3. The molecule has 1 aliphatic carbocycles. The van der Waals surface area contributed by atoms with E-state index >= 15 is 0 Å². The van der Waals surface area contributed by atoms with Crippen molar-refractivity contribution in [1.82, 2.24) is 0 Å². The van der Waals surface area contributed by atoms with Crippen molar-refractivity contribution in [2.24, 2.45) is 0 Å². The fraction of sp³-hybridized carbons (Fsp3) is 0.500. The molecule has 0 fully saturated rings. The van der Waals surface area contributed by atoms with E-state index in [-0.39, 0.29) is 29.0 Å². The molecule has 0 radical (unpaired) electrons. The highest BCUT2D eigenvalue weighted by Crippen LogP contribution is 2.43. The lowest BCUT2D eigenvalue weighted by Crippen LogP contribution is -2.27. The van der Waals surface area contributed by atoms with Gasteiger partial charge in [0.2, 0.25) is 0 Å². The lowest BCUT2D eigenvalue weighted by atomic mass is 9.92. The number of rotatable bonds is 8. The molecule has 0 saturated carbocycles. The molecule has 5 nitrogen and oxygen atoms in total. The predicted molar refractivity (Wildman–Crippen MR) is 111 cm³/mol. The second kappa shape index (κ2) is 9.74. The topological polar surface area (TPSA) is 48.0 Å². The summed E-state index contributed by atoms with van der Waals surface area (Å²) >= 11 is 6.20. The van der Waals surface area contributed by atoms with Crippen LogP contribution in [0.4, 0.5) is 10.1 Å². The number of halogens is 2. The van der Waals surface area contributed by atoms with Gasteiger partial charge in [-0.1, -0.05) is 17.7 Å². The molecule has 1 aliphatic heterocycles. The lowest BCUT2D eigenvalue weighted by Gasteiger charge is -2.23. The molecule has 0 spiro atoms. The molecule has 29 heavy (non-hydrogen) atoms. The number of ether oxygens (including phenoxy) is 3. The molecular weight excluding hydrogens is 397 g/mol. The third-order valence-corrected chi connectivity index (χ3v) is 5.37. The first kappa shape index (κ1) is 21.8. The number of nitrogens with zero attached hydrogens (tertiary/aromatic N) is 1. The molecule has 1 amide bonds. The van der Waals surface area contributed by atoms with E-state index in [9.17, 15) is 9.18 Å². The van der Waals surface area contributed by atoms with Crippen LogP contribution in [-0.2, 0) is 14.3 Å². The zero-order valence-electron chi connectivity index (χ0n) is 17.1. The van der Waals surface area contributed by atoms with Gasteiger partial charge >= 0.3 is 0 Å². The number of anilines is 1. The Morgan fingerprint density at radius 1 is 1.17 bits per heavy atom. The SMILES string of the molecule is CC=C1C2=C(CCCC2)C(=O)N1c1cc(OCC(OCC)OCC)c(Cl)cc1F. The minimum Gasteiger partial charge on any atom is -0.487 e. The number of amides is 1. The molecule has 1 aromatic carbocycles. The Kier molecular flexibility index (Phi) is 7.33. The zero-order valence-corrected chi connectivity index (χ0v) is 17.9. The first-order valence-electron chi connectivity index (χ1n) is 10.1. The van der Waals surface area contributed by atoms with Crippen LogP contribution in [0.3, 0.4) is 0 Å². The number of hydrogen-bond donors (Lipinski definition) is 0. The average molecular weight is 424 g/mol. The van der Waals surface area contributed by atoms with Crippen molar-refractivity contribution in [2.45, 2.75) is 52.7 Å². The van der Waals surface area contributed by atoms with E-state index < -0.39 is 12.1 Å². The van der Waals surface area contributed by atoms with E-state index in [4.69, 9.17) is 25.8 Å². The van der Waals surface area contributed by atoms with Gasteiger partial charge in [-0.25, -0.2) is 4.39 Å². The van der Waals surface area contributed by atoms with E-state index in [1.165, 1.54) is 17.0 Å². The summed E-state index contributed by atoms with van der Waals surface area (Å²) in [5, 5.41) is 0.129. The molecule has 7 heteroatoms. The van der Waals surface area contributed by atoms with Crippen molar-refractivity contribution in [3.63, 3.8) is 0 Å². The second-order valence-electron chi connectivity index (χ2n) is 6.86. The van der Waals surface area contributed by atoms with Crippen LogP contribution in [-0.4, -0.2) is 32.0 Å². The molecule has 0 unspecified atom stereocenters. The van der Waals surface area contributed by atoms with Gasteiger partial charge in [0.15, 0.2) is 6.29 Å². The number of allylic oxidation sites excluding steroid dienone is 2. The summed E-state index contributed by atoms with van der Waals surface area (Å²) in [4.78, 5) is 14.5. The average Bonchev–Trinajstić information content (AvgIpc) is 2.99. The van der Waals surface area contributed by atoms with E-state index in [1.807, 2.05) is 26.8 Å². The molecule has 0 saturated heterocycles. The summed E-state index contributed by atoms with van der Waals surface area (Å²) in [7, 11) is 0. The molecule has 2 aliphatic rings. The third kappa shape index (κ3) is 4.49. The molecule has 0 atom stereocenters. The highest BCUT2D eigenvalue weighted by molar-refractivity contribution is 6.32. The Hall–Kier alpha value is -1.89. The summed E-state index contributed by atoms with van der Waals surface area (Å²) in [5.74, 6) is -0.455. The van der Waals surface area contributed by atoms with Crippen LogP contribution in [0.25, 0.3) is 0 Å². The Morgan fingerprint density at radius 3 is 2.45 bits per heavy atom. The largest absolute Gasteiger partial charge is 0.487 e. The van der Waals surface area contributed by atoms with Crippen molar-refractivity contribution in [2.75, 3.05) is 24.7 Å². The first-order valence-corrected chi connectivity index (χ1v) is 10.5. The summed E-state index contributed by atoms with van der Waals surface area (Å²) in [6, 6.07) is 2.66. The smallest absolute Gasteiger partial charge is 0.259 e. The van der Waals surface area contributed by atoms with Crippen molar-refractivity contribution in [3.05, 3.63) is 45.9 Å². The Balaban J connectivity index is 1.89. The maximum absolute atomic E-state index is 14.9. The van der Waals surface area contributed by atoms with Gasteiger partial charge in [-0.15, -0.1) is 0 Å². The molecule has 3 rings (SSSR count). The molecular formula is C22H27ClFNO4. The van der Waals surface area contributed by atoms with Crippen LogP contribution in [0.15, 0.2) is 35.1 Å². The summed E-state index contributed by atoms with van der Waals surface area (Å²) < 4.78 is 31.6. The normalized spacial score (nSPS) is 18.2. The van der Waals surface area contributed by atoms with E-state index in [0.717, 1.165) is 42.5 Å². The van der Waals surface area contributed by atoms with Gasteiger partial charge in [-0.2, -0.15) is 0 Å². The van der Waals surface area contributed by atoms with Gasteiger partial charge in [0.25, 0.3) is 5.91 Å². The molecule has 1 aromatic rings. The van der Waals surface area contributed by atoms with Crippen LogP contribution >= 0.6 is 11.6 Å². The van der Waals surface area contributed by atoms with E-state index in [1.54, 1.807) is 0 Å². The van der Waals surface area contributed by atoms with Crippen LogP contribution in [0, 0.1) is 5.82 Å². The highest BCUT2D eigenvalue weighted by atomic mass is 35.5. The van der Waals surface area contributed by atoms with Gasteiger partial charge in [0.1, 0.15) is 18.2 Å². The quantitative estimate of drug-likeness (QED) is 0.527. The van der Waals surface area contributed by atoms with Crippen molar-refractivity contribution in [3.8, 4) is 5.75 Å². The number of hydrogen-bond acceptors (Lipinski definition) is 4. The fourth-order valence-corrected chi connectivity index (χ4v) is 4.03. The van der Waals surface area contributed by atoms with Crippen LogP contribution in [0.2, 0.25) is 5.02 Å². The molecule has 0 N–H and O–H groups in total. The number of benzene rings is 1. The van der Waals surface area contributed by atoms with Crippen LogP contribution < -0.4 is 9.64 Å². The monoisotopic (exact) mass is 423 g/mol. The van der Waals surface area contributed by atoms with E-state index in [0.29, 0.717) is 13.2 Å².